The molecule has 0 radical (unpaired) electrons. The number of aromatic nitrogens is 3. The second-order valence-corrected chi connectivity index (χ2v) is 3.29. The highest BCUT2D eigenvalue weighted by Gasteiger charge is 2.01. The van der Waals surface area contributed by atoms with Crippen LogP contribution in [0.1, 0.15) is 0 Å². The minimum atomic E-state index is -0.112. The van der Waals surface area contributed by atoms with Crippen molar-refractivity contribution in [3.63, 3.8) is 0 Å². The van der Waals surface area contributed by atoms with Crippen molar-refractivity contribution in [3.05, 3.63) is 47.0 Å². The van der Waals surface area contributed by atoms with Gasteiger partial charge in [0.25, 0.3) is 0 Å². The molecular weight excluding hydrogens is 190 g/mol. The van der Waals surface area contributed by atoms with Crippen LogP contribution in [-0.4, -0.2) is 15.0 Å². The van der Waals surface area contributed by atoms with Gasteiger partial charge in [0.05, 0.1) is 5.52 Å². The molecule has 0 saturated carbocycles. The van der Waals surface area contributed by atoms with Gasteiger partial charge in [0.2, 0.25) is 5.56 Å². The summed E-state index contributed by atoms with van der Waals surface area (Å²) < 4.78 is 0. The fraction of sp³-hybridized carbons (Fsp3) is 0. The van der Waals surface area contributed by atoms with Gasteiger partial charge in [-0.1, -0.05) is 0 Å². The smallest absolute Gasteiger partial charge is 0.248 e. The summed E-state index contributed by atoms with van der Waals surface area (Å²) in [4.78, 5) is 22.4. The maximum absolute atomic E-state index is 11.2. The normalized spacial score (nSPS) is 10.9. The molecule has 72 valence electrons. The number of rotatable bonds is 0. The molecule has 0 bridgehead atoms. The number of hydrogen-bond donors (Lipinski definition) is 1. The molecule has 0 aliphatic carbocycles. The number of nitrogens with zero attached hydrogens (tertiary/aromatic N) is 2. The van der Waals surface area contributed by atoms with Crippen molar-refractivity contribution in [2.75, 3.05) is 0 Å². The van der Waals surface area contributed by atoms with Crippen LogP contribution in [0.4, 0.5) is 0 Å². The van der Waals surface area contributed by atoms with Gasteiger partial charge in [-0.05, 0) is 18.2 Å². The molecule has 0 amide bonds. The molecule has 3 aromatic heterocycles. The molecule has 4 nitrogen and oxygen atoms in total. The number of H-pyrrole nitrogens is 1. The third-order valence-electron chi connectivity index (χ3n) is 2.33. The first-order chi connectivity index (χ1) is 7.34. The lowest BCUT2D eigenvalue weighted by atomic mass is 10.2. The number of pyridine rings is 3. The quantitative estimate of drug-likeness (QED) is 0.555. The molecule has 3 heterocycles. The van der Waals surface area contributed by atoms with Crippen LogP contribution in [0.15, 0.2) is 41.5 Å². The second-order valence-electron chi connectivity index (χ2n) is 3.29. The zero-order chi connectivity index (χ0) is 10.3. The van der Waals surface area contributed by atoms with E-state index in [1.807, 2.05) is 12.1 Å². The fourth-order valence-electron chi connectivity index (χ4n) is 1.64. The van der Waals surface area contributed by atoms with Crippen LogP contribution in [0.5, 0.6) is 0 Å². The zero-order valence-corrected chi connectivity index (χ0v) is 7.77. The van der Waals surface area contributed by atoms with E-state index in [1.165, 1.54) is 6.07 Å². The number of aromatic amines is 1. The molecular formula is C11H7N3O. The summed E-state index contributed by atoms with van der Waals surface area (Å²) in [6, 6.07) is 6.97. The highest BCUT2D eigenvalue weighted by Crippen LogP contribution is 2.17. The third-order valence-corrected chi connectivity index (χ3v) is 2.33. The first-order valence-corrected chi connectivity index (χ1v) is 4.57. The number of hydrogen-bond acceptors (Lipinski definition) is 3. The van der Waals surface area contributed by atoms with Crippen molar-refractivity contribution in [2.24, 2.45) is 0 Å². The third kappa shape index (κ3) is 1.19. The minimum absolute atomic E-state index is 0.112. The van der Waals surface area contributed by atoms with Crippen LogP contribution >= 0.6 is 0 Å². The largest absolute Gasteiger partial charge is 0.321 e. The number of fused-ring (bicyclic) bond motifs is 3. The van der Waals surface area contributed by atoms with Gasteiger partial charge in [0.1, 0.15) is 0 Å². The molecule has 0 saturated heterocycles. The first kappa shape index (κ1) is 8.11. The summed E-state index contributed by atoms with van der Waals surface area (Å²) in [5.41, 5.74) is 1.33. The predicted octanol–water partition coefficient (Wildman–Crippen LogP) is 1.47. The molecule has 0 aliphatic rings. The molecule has 15 heavy (non-hydrogen) atoms. The number of nitrogens with one attached hydrogen (secondary N) is 1. The predicted molar refractivity (Wildman–Crippen MR) is 57.7 cm³/mol. The topological polar surface area (TPSA) is 58.6 Å². The molecule has 0 spiro atoms. The summed E-state index contributed by atoms with van der Waals surface area (Å²) in [5, 5.41) is 1.78. The van der Waals surface area contributed by atoms with Crippen LogP contribution < -0.4 is 5.56 Å². The Kier molecular flexibility index (Phi) is 1.56. The van der Waals surface area contributed by atoms with E-state index in [9.17, 15) is 4.79 Å². The molecule has 0 atom stereocenters. The Labute approximate surface area is 84.6 Å². The highest BCUT2D eigenvalue weighted by molar-refractivity contribution is 6.01. The second kappa shape index (κ2) is 2.88. The van der Waals surface area contributed by atoms with Crippen LogP contribution in [0, 0.1) is 0 Å². The molecule has 0 aromatic carbocycles. The van der Waals surface area contributed by atoms with Crippen molar-refractivity contribution in [2.45, 2.75) is 0 Å². The average Bonchev–Trinajstić information content (AvgIpc) is 2.29. The minimum Gasteiger partial charge on any atom is -0.321 e. The summed E-state index contributed by atoms with van der Waals surface area (Å²) in [7, 11) is 0. The SMILES string of the molecule is O=c1ccc2cnc3ncccc3c2[nH]1. The molecule has 0 aliphatic heterocycles. The standard InChI is InChI=1S/C11H7N3O/c15-9-4-3-7-6-13-11-8(10(7)14-9)2-1-5-12-11/h1-6H,(H,14,15). The Bertz CT molecular complexity index is 703. The van der Waals surface area contributed by atoms with Gasteiger partial charge in [-0.2, -0.15) is 0 Å². The zero-order valence-electron chi connectivity index (χ0n) is 7.77. The lowest BCUT2D eigenvalue weighted by Crippen LogP contribution is -2.03. The Morgan fingerprint density at radius 2 is 2.07 bits per heavy atom. The van der Waals surface area contributed by atoms with Crippen LogP contribution in [0.3, 0.4) is 0 Å². The summed E-state index contributed by atoms with van der Waals surface area (Å²) in [6.07, 6.45) is 3.39. The van der Waals surface area contributed by atoms with Gasteiger partial charge in [0, 0.05) is 29.2 Å². The lowest BCUT2D eigenvalue weighted by molar-refractivity contribution is 1.27. The lowest BCUT2D eigenvalue weighted by Gasteiger charge is -2.00. The van der Waals surface area contributed by atoms with Gasteiger partial charge < -0.3 is 4.98 Å². The average molecular weight is 197 g/mol. The van der Waals surface area contributed by atoms with E-state index in [0.717, 1.165) is 16.3 Å². The van der Waals surface area contributed by atoms with Crippen molar-refractivity contribution in [1.82, 2.24) is 15.0 Å². The van der Waals surface area contributed by atoms with Crippen LogP contribution in [0.2, 0.25) is 0 Å². The Morgan fingerprint density at radius 1 is 1.13 bits per heavy atom. The van der Waals surface area contributed by atoms with E-state index < -0.39 is 0 Å². The van der Waals surface area contributed by atoms with E-state index in [-0.39, 0.29) is 5.56 Å². The van der Waals surface area contributed by atoms with Crippen molar-refractivity contribution in [3.8, 4) is 0 Å². The van der Waals surface area contributed by atoms with Crippen molar-refractivity contribution >= 4 is 21.9 Å². The molecule has 1 N–H and O–H groups in total. The van der Waals surface area contributed by atoms with Gasteiger partial charge >= 0.3 is 0 Å². The monoisotopic (exact) mass is 197 g/mol. The van der Waals surface area contributed by atoms with Gasteiger partial charge in [-0.3, -0.25) is 4.79 Å². The van der Waals surface area contributed by atoms with Crippen LogP contribution in [-0.2, 0) is 0 Å². The van der Waals surface area contributed by atoms with Gasteiger partial charge in [-0.25, -0.2) is 9.97 Å². The van der Waals surface area contributed by atoms with E-state index in [4.69, 9.17) is 0 Å². The summed E-state index contributed by atoms with van der Waals surface area (Å²) >= 11 is 0. The summed E-state index contributed by atoms with van der Waals surface area (Å²) in [5.74, 6) is 0. The van der Waals surface area contributed by atoms with Crippen LogP contribution in [0.25, 0.3) is 21.9 Å². The molecule has 4 heteroatoms. The van der Waals surface area contributed by atoms with E-state index in [2.05, 4.69) is 15.0 Å². The maximum Gasteiger partial charge on any atom is 0.248 e. The molecule has 3 aromatic rings. The Morgan fingerprint density at radius 3 is 3.00 bits per heavy atom. The Hall–Kier alpha value is -2.23. The highest BCUT2D eigenvalue weighted by atomic mass is 16.1. The van der Waals surface area contributed by atoms with E-state index in [1.54, 1.807) is 18.5 Å². The fourth-order valence-corrected chi connectivity index (χ4v) is 1.64. The van der Waals surface area contributed by atoms with Gasteiger partial charge in [-0.15, -0.1) is 0 Å². The van der Waals surface area contributed by atoms with Crippen molar-refractivity contribution < 1.29 is 0 Å². The molecule has 0 unspecified atom stereocenters. The van der Waals surface area contributed by atoms with E-state index >= 15 is 0 Å². The molecule has 0 fully saturated rings. The molecule has 3 rings (SSSR count). The van der Waals surface area contributed by atoms with Gasteiger partial charge in [0.15, 0.2) is 5.65 Å². The van der Waals surface area contributed by atoms with Crippen molar-refractivity contribution in [1.29, 1.82) is 0 Å². The van der Waals surface area contributed by atoms with E-state index in [0.29, 0.717) is 5.65 Å². The summed E-state index contributed by atoms with van der Waals surface area (Å²) in [6.45, 7) is 0. The first-order valence-electron chi connectivity index (χ1n) is 4.57. The Balaban J connectivity index is 2.63. The maximum atomic E-state index is 11.2.